The van der Waals surface area contributed by atoms with Gasteiger partial charge in [-0.1, -0.05) is 0 Å². The summed E-state index contributed by atoms with van der Waals surface area (Å²) in [5.74, 6) is 0.115. The van der Waals surface area contributed by atoms with E-state index in [0.717, 1.165) is 25.7 Å². The number of nitrogens with one attached hydrogen (secondary N) is 1. The lowest BCUT2D eigenvalue weighted by molar-refractivity contribution is -0.146. The van der Waals surface area contributed by atoms with Crippen LogP contribution in [-0.4, -0.2) is 26.2 Å². The fourth-order valence-corrected chi connectivity index (χ4v) is 1.78. The molecule has 70 valence electrons. The fraction of sp³-hybridized carbons (Fsp3) is 0.889. The maximum Gasteiger partial charge on any atom is 0.308 e. The van der Waals surface area contributed by atoms with E-state index in [2.05, 4.69) is 5.32 Å². The van der Waals surface area contributed by atoms with Crippen LogP contribution in [0.4, 0.5) is 0 Å². The average Bonchev–Trinajstić information content (AvgIpc) is 2.17. The van der Waals surface area contributed by atoms with Gasteiger partial charge in [-0.2, -0.15) is 0 Å². The van der Waals surface area contributed by atoms with E-state index in [-0.39, 0.29) is 11.9 Å². The van der Waals surface area contributed by atoms with Crippen molar-refractivity contribution in [1.82, 2.24) is 5.32 Å². The summed E-state index contributed by atoms with van der Waals surface area (Å²) in [6.45, 7) is 0. The lowest BCUT2D eigenvalue weighted by atomic mass is 9.86. The normalized spacial score (nSPS) is 29.8. The average molecular weight is 171 g/mol. The highest BCUT2D eigenvalue weighted by Gasteiger charge is 2.25. The standard InChI is InChI=1S/C9H17NO2/c1-10-8-5-3-7(4-6-8)9(11)12-2/h7-8,10H,3-6H2,1-2H3/t7-,8+. The summed E-state index contributed by atoms with van der Waals surface area (Å²) in [6.07, 6.45) is 4.13. The Morgan fingerprint density at radius 3 is 2.33 bits per heavy atom. The molecule has 0 spiro atoms. The monoisotopic (exact) mass is 171 g/mol. The number of hydrogen-bond donors (Lipinski definition) is 1. The van der Waals surface area contributed by atoms with E-state index < -0.39 is 0 Å². The van der Waals surface area contributed by atoms with Gasteiger partial charge in [-0.3, -0.25) is 4.79 Å². The van der Waals surface area contributed by atoms with E-state index in [1.807, 2.05) is 7.05 Å². The topological polar surface area (TPSA) is 38.3 Å². The number of esters is 1. The molecule has 1 saturated carbocycles. The third kappa shape index (κ3) is 2.21. The van der Waals surface area contributed by atoms with Gasteiger partial charge in [0.25, 0.3) is 0 Å². The lowest BCUT2D eigenvalue weighted by Crippen LogP contribution is -2.32. The van der Waals surface area contributed by atoms with E-state index >= 15 is 0 Å². The molecule has 1 fully saturated rings. The lowest BCUT2D eigenvalue weighted by Gasteiger charge is -2.26. The maximum atomic E-state index is 11.1. The van der Waals surface area contributed by atoms with Crippen LogP contribution in [0.3, 0.4) is 0 Å². The molecule has 0 saturated heterocycles. The Balaban J connectivity index is 2.30. The number of carbonyl (C=O) groups excluding carboxylic acids is 1. The van der Waals surface area contributed by atoms with Crippen LogP contribution in [0.5, 0.6) is 0 Å². The van der Waals surface area contributed by atoms with Crippen LogP contribution in [0.2, 0.25) is 0 Å². The first-order valence-corrected chi connectivity index (χ1v) is 4.53. The summed E-state index contributed by atoms with van der Waals surface area (Å²) >= 11 is 0. The van der Waals surface area contributed by atoms with Crippen LogP contribution in [-0.2, 0) is 9.53 Å². The largest absolute Gasteiger partial charge is 0.469 e. The fourth-order valence-electron chi connectivity index (χ4n) is 1.78. The smallest absolute Gasteiger partial charge is 0.308 e. The third-order valence-corrected chi connectivity index (χ3v) is 2.67. The maximum absolute atomic E-state index is 11.1. The summed E-state index contributed by atoms with van der Waals surface area (Å²) in [7, 11) is 3.44. The van der Waals surface area contributed by atoms with Crippen molar-refractivity contribution < 1.29 is 9.53 Å². The second-order valence-corrected chi connectivity index (χ2v) is 3.36. The number of methoxy groups -OCH3 is 1. The van der Waals surface area contributed by atoms with Crippen LogP contribution in [0.15, 0.2) is 0 Å². The first-order valence-electron chi connectivity index (χ1n) is 4.53. The predicted molar refractivity (Wildman–Crippen MR) is 46.8 cm³/mol. The minimum absolute atomic E-state index is 0.0375. The van der Waals surface area contributed by atoms with Gasteiger partial charge in [0.15, 0.2) is 0 Å². The van der Waals surface area contributed by atoms with Crippen molar-refractivity contribution in [2.24, 2.45) is 5.92 Å². The summed E-state index contributed by atoms with van der Waals surface area (Å²) in [5.41, 5.74) is 0. The highest BCUT2D eigenvalue weighted by Crippen LogP contribution is 2.24. The first kappa shape index (κ1) is 9.52. The molecule has 0 aromatic heterocycles. The Morgan fingerprint density at radius 2 is 1.92 bits per heavy atom. The van der Waals surface area contributed by atoms with Gasteiger partial charge in [-0.25, -0.2) is 0 Å². The molecule has 1 aliphatic carbocycles. The molecule has 1 aliphatic rings. The van der Waals surface area contributed by atoms with Crippen molar-refractivity contribution in [3.05, 3.63) is 0 Å². The van der Waals surface area contributed by atoms with Crippen molar-refractivity contribution in [2.75, 3.05) is 14.2 Å². The molecule has 0 aromatic rings. The third-order valence-electron chi connectivity index (χ3n) is 2.67. The van der Waals surface area contributed by atoms with Crippen molar-refractivity contribution >= 4 is 5.97 Å². The Morgan fingerprint density at radius 1 is 1.33 bits per heavy atom. The number of rotatable bonds is 2. The molecule has 1 rings (SSSR count). The van der Waals surface area contributed by atoms with Gasteiger partial charge in [0.2, 0.25) is 0 Å². The summed E-state index contributed by atoms with van der Waals surface area (Å²) in [6, 6.07) is 0.603. The quantitative estimate of drug-likeness (QED) is 0.628. The Kier molecular flexibility index (Phi) is 3.53. The molecule has 3 nitrogen and oxygen atoms in total. The molecule has 12 heavy (non-hydrogen) atoms. The molecule has 3 heteroatoms. The van der Waals surface area contributed by atoms with Gasteiger partial charge in [-0.15, -0.1) is 0 Å². The second kappa shape index (κ2) is 4.45. The molecular weight excluding hydrogens is 154 g/mol. The van der Waals surface area contributed by atoms with Crippen molar-refractivity contribution in [3.8, 4) is 0 Å². The Bertz CT molecular complexity index is 151. The molecule has 0 amide bonds. The Hall–Kier alpha value is -0.570. The minimum Gasteiger partial charge on any atom is -0.469 e. The molecule has 0 heterocycles. The van der Waals surface area contributed by atoms with Gasteiger partial charge in [0.05, 0.1) is 13.0 Å². The van der Waals surface area contributed by atoms with Crippen molar-refractivity contribution in [3.63, 3.8) is 0 Å². The van der Waals surface area contributed by atoms with E-state index in [9.17, 15) is 4.79 Å². The molecule has 0 bridgehead atoms. The van der Waals surface area contributed by atoms with Crippen LogP contribution >= 0.6 is 0 Å². The van der Waals surface area contributed by atoms with E-state index in [1.165, 1.54) is 7.11 Å². The summed E-state index contributed by atoms with van der Waals surface area (Å²) in [4.78, 5) is 11.1. The van der Waals surface area contributed by atoms with E-state index in [0.29, 0.717) is 6.04 Å². The van der Waals surface area contributed by atoms with E-state index in [4.69, 9.17) is 4.74 Å². The SMILES string of the molecule is CN[C@H]1CC[C@@H](C(=O)OC)CC1. The first-order chi connectivity index (χ1) is 5.77. The van der Waals surface area contributed by atoms with Crippen molar-refractivity contribution in [2.45, 2.75) is 31.7 Å². The minimum atomic E-state index is -0.0375. The summed E-state index contributed by atoms with van der Waals surface area (Å²) in [5, 5.41) is 3.23. The molecule has 0 aliphatic heterocycles. The predicted octanol–water partition coefficient (Wildman–Crippen LogP) is 0.938. The van der Waals surface area contributed by atoms with Gasteiger partial charge in [0.1, 0.15) is 0 Å². The molecule has 0 unspecified atom stereocenters. The van der Waals surface area contributed by atoms with E-state index in [1.54, 1.807) is 0 Å². The number of carbonyl (C=O) groups is 1. The van der Waals surface area contributed by atoms with Gasteiger partial charge >= 0.3 is 5.97 Å². The van der Waals surface area contributed by atoms with Gasteiger partial charge in [0, 0.05) is 6.04 Å². The molecule has 0 aromatic carbocycles. The second-order valence-electron chi connectivity index (χ2n) is 3.36. The molecule has 1 N–H and O–H groups in total. The zero-order chi connectivity index (χ0) is 8.97. The van der Waals surface area contributed by atoms with Crippen LogP contribution in [0, 0.1) is 5.92 Å². The van der Waals surface area contributed by atoms with Crippen LogP contribution < -0.4 is 5.32 Å². The molecular formula is C9H17NO2. The highest BCUT2D eigenvalue weighted by molar-refractivity contribution is 5.72. The zero-order valence-corrected chi connectivity index (χ0v) is 7.80. The van der Waals surface area contributed by atoms with Gasteiger partial charge < -0.3 is 10.1 Å². The van der Waals surface area contributed by atoms with Crippen LogP contribution in [0.25, 0.3) is 0 Å². The number of hydrogen-bond acceptors (Lipinski definition) is 3. The number of ether oxygens (including phenoxy) is 1. The summed E-state index contributed by atoms with van der Waals surface area (Å²) < 4.78 is 4.70. The highest BCUT2D eigenvalue weighted by atomic mass is 16.5. The Labute approximate surface area is 73.5 Å². The zero-order valence-electron chi connectivity index (χ0n) is 7.80. The van der Waals surface area contributed by atoms with Crippen LogP contribution in [0.1, 0.15) is 25.7 Å². The van der Waals surface area contributed by atoms with Crippen molar-refractivity contribution in [1.29, 1.82) is 0 Å². The molecule has 0 atom stereocenters. The van der Waals surface area contributed by atoms with Gasteiger partial charge in [-0.05, 0) is 32.7 Å². The molecule has 0 radical (unpaired) electrons.